The third-order valence-electron chi connectivity index (χ3n) is 5.15. The summed E-state index contributed by atoms with van der Waals surface area (Å²) in [5.41, 5.74) is 4.93. The summed E-state index contributed by atoms with van der Waals surface area (Å²) in [6.45, 7) is 7.15. The van der Waals surface area contributed by atoms with E-state index in [0.717, 1.165) is 37.5 Å². The van der Waals surface area contributed by atoms with Crippen molar-refractivity contribution in [3.63, 3.8) is 0 Å². The lowest BCUT2D eigenvalue weighted by Gasteiger charge is -2.33. The van der Waals surface area contributed by atoms with Crippen molar-refractivity contribution >= 4 is 5.91 Å². The second-order valence-electron chi connectivity index (χ2n) is 7.13. The molecule has 0 bridgehead atoms. The van der Waals surface area contributed by atoms with Crippen LogP contribution < -0.4 is 11.1 Å². The molecule has 0 radical (unpaired) electrons. The van der Waals surface area contributed by atoms with Crippen LogP contribution in [0.5, 0.6) is 0 Å². The molecule has 4 atom stereocenters. The van der Waals surface area contributed by atoms with Gasteiger partial charge in [-0.15, -0.1) is 0 Å². The van der Waals surface area contributed by atoms with E-state index in [1.54, 1.807) is 0 Å². The highest BCUT2D eigenvalue weighted by atomic mass is 16.5. The highest BCUT2D eigenvalue weighted by molar-refractivity contribution is 5.84. The molecule has 0 aromatic carbocycles. The smallest absolute Gasteiger partial charge is 0.237 e. The van der Waals surface area contributed by atoms with E-state index in [4.69, 9.17) is 10.5 Å². The fourth-order valence-corrected chi connectivity index (χ4v) is 3.02. The first-order valence-electron chi connectivity index (χ1n) is 8.10. The molecule has 2 aliphatic rings. The van der Waals surface area contributed by atoms with Crippen LogP contribution >= 0.6 is 0 Å². The number of ether oxygens (including phenoxy) is 1. The fraction of sp³-hybridized carbons (Fsp3) is 0.938. The first kappa shape index (κ1) is 15.8. The third-order valence-corrected chi connectivity index (χ3v) is 5.15. The molecule has 2 saturated carbocycles. The van der Waals surface area contributed by atoms with Crippen LogP contribution in [0.25, 0.3) is 0 Å². The zero-order valence-electron chi connectivity index (χ0n) is 13.2. The molecule has 116 valence electrons. The van der Waals surface area contributed by atoms with Crippen molar-refractivity contribution in [1.29, 1.82) is 0 Å². The summed E-state index contributed by atoms with van der Waals surface area (Å²) in [5.74, 6) is 1.28. The number of primary amides is 1. The van der Waals surface area contributed by atoms with Gasteiger partial charge in [0.25, 0.3) is 0 Å². The maximum atomic E-state index is 11.7. The van der Waals surface area contributed by atoms with E-state index in [1.807, 2.05) is 6.92 Å². The minimum atomic E-state index is -0.616. The van der Waals surface area contributed by atoms with Crippen LogP contribution in [0.3, 0.4) is 0 Å². The molecule has 3 N–H and O–H groups in total. The molecule has 0 saturated heterocycles. The maximum absolute atomic E-state index is 11.7. The van der Waals surface area contributed by atoms with Crippen LogP contribution in [-0.2, 0) is 9.53 Å². The van der Waals surface area contributed by atoms with Crippen molar-refractivity contribution in [1.82, 2.24) is 5.32 Å². The molecular weight excluding hydrogens is 252 g/mol. The van der Waals surface area contributed by atoms with Crippen LogP contribution in [0.1, 0.15) is 59.3 Å². The van der Waals surface area contributed by atoms with Gasteiger partial charge >= 0.3 is 0 Å². The summed E-state index contributed by atoms with van der Waals surface area (Å²) in [6, 6.07) is 0.475. The second kappa shape index (κ2) is 6.44. The molecule has 4 nitrogen and oxygen atoms in total. The van der Waals surface area contributed by atoms with Gasteiger partial charge in [0.15, 0.2) is 0 Å². The molecule has 0 spiro atoms. The third kappa shape index (κ3) is 4.19. The van der Waals surface area contributed by atoms with Gasteiger partial charge in [-0.3, -0.25) is 4.79 Å². The summed E-state index contributed by atoms with van der Waals surface area (Å²) in [6.07, 6.45) is 6.88. The van der Waals surface area contributed by atoms with Crippen LogP contribution in [0.15, 0.2) is 0 Å². The zero-order valence-corrected chi connectivity index (χ0v) is 13.2. The van der Waals surface area contributed by atoms with Crippen molar-refractivity contribution in [3.8, 4) is 0 Å². The lowest BCUT2D eigenvalue weighted by atomic mass is 9.80. The van der Waals surface area contributed by atoms with Gasteiger partial charge in [0, 0.05) is 12.6 Å². The van der Waals surface area contributed by atoms with E-state index >= 15 is 0 Å². The van der Waals surface area contributed by atoms with Gasteiger partial charge in [0.2, 0.25) is 5.91 Å². The molecule has 2 aliphatic carbocycles. The molecule has 1 amide bonds. The van der Waals surface area contributed by atoms with Crippen molar-refractivity contribution in [3.05, 3.63) is 0 Å². The average Bonchev–Trinajstić information content (AvgIpc) is 3.17. The Morgan fingerprint density at radius 1 is 1.25 bits per heavy atom. The number of amides is 1. The largest absolute Gasteiger partial charge is 0.378 e. The quantitative estimate of drug-likeness (QED) is 0.752. The predicted octanol–water partition coefficient (Wildman–Crippen LogP) is 2.21. The Hall–Kier alpha value is -0.610. The van der Waals surface area contributed by atoms with Crippen molar-refractivity contribution in [2.75, 3.05) is 6.61 Å². The Morgan fingerprint density at radius 2 is 1.95 bits per heavy atom. The first-order valence-corrected chi connectivity index (χ1v) is 8.10. The molecule has 2 rings (SSSR count). The van der Waals surface area contributed by atoms with Gasteiger partial charge < -0.3 is 15.8 Å². The summed E-state index contributed by atoms with van der Waals surface area (Å²) >= 11 is 0. The number of carbonyl (C=O) groups is 1. The lowest BCUT2D eigenvalue weighted by molar-refractivity contribution is -0.125. The van der Waals surface area contributed by atoms with Gasteiger partial charge in [-0.25, -0.2) is 0 Å². The van der Waals surface area contributed by atoms with E-state index in [0.29, 0.717) is 25.2 Å². The molecule has 0 aliphatic heterocycles. The van der Waals surface area contributed by atoms with Gasteiger partial charge in [-0.2, -0.15) is 0 Å². The standard InChI is InChI=1S/C16H30N2O2/c1-11-4-7-14(10-12(11)2)20-9-8-16(3,15(17)19)18-13-5-6-13/h11-14,18H,4-10H2,1-3H3,(H2,17,19). The monoisotopic (exact) mass is 282 g/mol. The highest BCUT2D eigenvalue weighted by Crippen LogP contribution is 2.31. The Balaban J connectivity index is 1.74. The Bertz CT molecular complexity index is 343. The maximum Gasteiger partial charge on any atom is 0.237 e. The van der Waals surface area contributed by atoms with E-state index in [-0.39, 0.29) is 5.91 Å². The molecule has 2 fully saturated rings. The molecular formula is C16H30N2O2. The Morgan fingerprint density at radius 3 is 2.50 bits per heavy atom. The first-order chi connectivity index (χ1) is 9.40. The highest BCUT2D eigenvalue weighted by Gasteiger charge is 2.37. The molecule has 20 heavy (non-hydrogen) atoms. The average molecular weight is 282 g/mol. The summed E-state index contributed by atoms with van der Waals surface area (Å²) < 4.78 is 6.00. The van der Waals surface area contributed by atoms with E-state index in [2.05, 4.69) is 19.2 Å². The van der Waals surface area contributed by atoms with Crippen LogP contribution in [0, 0.1) is 11.8 Å². The Labute approximate surface area is 122 Å². The topological polar surface area (TPSA) is 64.3 Å². The van der Waals surface area contributed by atoms with E-state index < -0.39 is 5.54 Å². The van der Waals surface area contributed by atoms with Crippen molar-refractivity contribution < 1.29 is 9.53 Å². The predicted molar refractivity (Wildman–Crippen MR) is 80.3 cm³/mol. The van der Waals surface area contributed by atoms with Gasteiger partial charge in [-0.1, -0.05) is 13.8 Å². The molecule has 0 heterocycles. The van der Waals surface area contributed by atoms with Crippen LogP contribution in [0.4, 0.5) is 0 Å². The molecule has 4 unspecified atom stereocenters. The SMILES string of the molecule is CC1CCC(OCCC(C)(NC2CC2)C(N)=O)CC1C. The lowest BCUT2D eigenvalue weighted by Crippen LogP contribution is -2.54. The number of hydrogen-bond donors (Lipinski definition) is 2. The van der Waals surface area contributed by atoms with E-state index in [1.165, 1.54) is 6.42 Å². The van der Waals surface area contributed by atoms with Crippen molar-refractivity contribution in [2.24, 2.45) is 17.6 Å². The Kier molecular flexibility index (Phi) is 5.08. The summed E-state index contributed by atoms with van der Waals surface area (Å²) in [4.78, 5) is 11.7. The van der Waals surface area contributed by atoms with Crippen LogP contribution in [-0.4, -0.2) is 30.2 Å². The number of nitrogens with two attached hydrogens (primary N) is 1. The minimum absolute atomic E-state index is 0.265. The zero-order chi connectivity index (χ0) is 14.8. The number of carbonyl (C=O) groups excluding carboxylic acids is 1. The molecule has 0 aromatic heterocycles. The van der Waals surface area contributed by atoms with E-state index in [9.17, 15) is 4.79 Å². The second-order valence-corrected chi connectivity index (χ2v) is 7.13. The normalized spacial score (nSPS) is 33.6. The molecule has 0 aromatic rings. The number of rotatable bonds is 7. The minimum Gasteiger partial charge on any atom is -0.378 e. The fourth-order valence-electron chi connectivity index (χ4n) is 3.02. The number of hydrogen-bond acceptors (Lipinski definition) is 3. The van der Waals surface area contributed by atoms with Crippen molar-refractivity contribution in [2.45, 2.75) is 77.0 Å². The van der Waals surface area contributed by atoms with Gasteiger partial charge in [0.05, 0.1) is 11.6 Å². The van der Waals surface area contributed by atoms with Crippen LogP contribution in [0.2, 0.25) is 0 Å². The number of nitrogens with one attached hydrogen (secondary N) is 1. The van der Waals surface area contributed by atoms with Gasteiger partial charge in [0.1, 0.15) is 0 Å². The summed E-state index contributed by atoms with van der Waals surface area (Å²) in [7, 11) is 0. The summed E-state index contributed by atoms with van der Waals surface area (Å²) in [5, 5.41) is 3.37. The van der Waals surface area contributed by atoms with Gasteiger partial charge in [-0.05, 0) is 57.3 Å². The molecule has 4 heteroatoms.